The van der Waals surface area contributed by atoms with Crippen molar-refractivity contribution >= 4 is 5.97 Å². The van der Waals surface area contributed by atoms with E-state index in [-0.39, 0.29) is 12.4 Å². The third kappa shape index (κ3) is 3.61. The Morgan fingerprint density at radius 3 is 2.60 bits per heavy atom. The average Bonchev–Trinajstić information content (AvgIpc) is 2.61. The summed E-state index contributed by atoms with van der Waals surface area (Å²) in [6, 6.07) is 14.3. The van der Waals surface area contributed by atoms with Gasteiger partial charge in [-0.2, -0.15) is 0 Å². The number of ether oxygens (including phenoxy) is 3. The van der Waals surface area contributed by atoms with Crippen LogP contribution in [0.4, 0.5) is 0 Å². The van der Waals surface area contributed by atoms with E-state index in [1.807, 2.05) is 30.3 Å². The minimum absolute atomic E-state index is 0.161. The molecule has 0 saturated carbocycles. The van der Waals surface area contributed by atoms with Crippen molar-refractivity contribution < 1.29 is 23.9 Å². The molecule has 0 bridgehead atoms. The molecule has 0 aliphatic carbocycles. The number of carbonyl (C=O) groups excluding carboxylic acids is 1. The van der Waals surface area contributed by atoms with Crippen LogP contribution in [0.5, 0.6) is 11.5 Å². The van der Waals surface area contributed by atoms with Gasteiger partial charge in [-0.1, -0.05) is 42.5 Å². The maximum absolute atomic E-state index is 12.4. The lowest BCUT2D eigenvalue weighted by Gasteiger charge is -2.30. The highest BCUT2D eigenvalue weighted by atomic mass is 16.6. The van der Waals surface area contributed by atoms with Crippen LogP contribution in [0.3, 0.4) is 0 Å². The maximum Gasteiger partial charge on any atom is 0.341 e. The van der Waals surface area contributed by atoms with E-state index in [2.05, 4.69) is 0 Å². The summed E-state index contributed by atoms with van der Waals surface area (Å²) in [5.41, 5.74) is 1.40. The van der Waals surface area contributed by atoms with Gasteiger partial charge in [0.15, 0.2) is 17.6 Å². The lowest BCUT2D eigenvalue weighted by molar-refractivity contribution is -0.485. The van der Waals surface area contributed by atoms with Gasteiger partial charge in [0, 0.05) is 10.5 Å². The Hall–Kier alpha value is -2.93. The van der Waals surface area contributed by atoms with Gasteiger partial charge in [0.2, 0.25) is 6.54 Å². The number of fused-ring (bicyclic) bond motifs is 1. The van der Waals surface area contributed by atoms with Crippen LogP contribution in [0.15, 0.2) is 48.5 Å². The Bertz CT molecular complexity index is 776. The standard InChI is InChI=1S/C18H17NO6/c1-23-15-9-5-8-13-14(10-19(21)22)17(18(20)25-16(13)15)24-11-12-6-3-2-4-7-12/h2-9,14,17H,10-11H2,1H3. The normalized spacial score (nSPS) is 19.0. The van der Waals surface area contributed by atoms with Gasteiger partial charge in [-0.05, 0) is 11.6 Å². The van der Waals surface area contributed by atoms with Crippen LogP contribution in [0.2, 0.25) is 0 Å². The highest BCUT2D eigenvalue weighted by Gasteiger charge is 2.42. The predicted molar refractivity (Wildman–Crippen MR) is 88.3 cm³/mol. The van der Waals surface area contributed by atoms with E-state index in [1.165, 1.54) is 7.11 Å². The fourth-order valence-electron chi connectivity index (χ4n) is 2.88. The lowest BCUT2D eigenvalue weighted by atomic mass is 9.90. The lowest BCUT2D eigenvalue weighted by Crippen LogP contribution is -2.41. The first kappa shape index (κ1) is 16.9. The van der Waals surface area contributed by atoms with E-state index in [0.29, 0.717) is 11.3 Å². The molecule has 0 radical (unpaired) electrons. The molecular formula is C18H17NO6. The minimum atomic E-state index is -1.05. The fourth-order valence-corrected chi connectivity index (χ4v) is 2.88. The maximum atomic E-state index is 12.4. The molecule has 0 amide bonds. The average molecular weight is 343 g/mol. The molecular weight excluding hydrogens is 326 g/mol. The van der Waals surface area contributed by atoms with Gasteiger partial charge in [0.25, 0.3) is 0 Å². The fraction of sp³-hybridized carbons (Fsp3) is 0.278. The van der Waals surface area contributed by atoms with Crippen molar-refractivity contribution in [3.8, 4) is 11.5 Å². The number of methoxy groups -OCH3 is 1. The molecule has 1 aliphatic heterocycles. The molecule has 0 fully saturated rings. The van der Waals surface area contributed by atoms with Crippen LogP contribution in [-0.4, -0.2) is 30.7 Å². The summed E-state index contributed by atoms with van der Waals surface area (Å²) in [6.45, 7) is -0.275. The summed E-state index contributed by atoms with van der Waals surface area (Å²) in [5, 5.41) is 11.1. The smallest absolute Gasteiger partial charge is 0.341 e. The second kappa shape index (κ2) is 7.31. The van der Waals surface area contributed by atoms with E-state index >= 15 is 0 Å². The molecule has 2 aromatic carbocycles. The molecule has 2 atom stereocenters. The number of hydrogen-bond donors (Lipinski definition) is 0. The minimum Gasteiger partial charge on any atom is -0.493 e. The third-order valence-electron chi connectivity index (χ3n) is 4.05. The van der Waals surface area contributed by atoms with Gasteiger partial charge in [-0.25, -0.2) is 4.79 Å². The Labute approximate surface area is 144 Å². The highest BCUT2D eigenvalue weighted by Crippen LogP contribution is 2.42. The SMILES string of the molecule is COc1cccc2c1OC(=O)C(OCc1ccccc1)C2C[N+](=O)[O-]. The van der Waals surface area contributed by atoms with Crippen LogP contribution >= 0.6 is 0 Å². The van der Waals surface area contributed by atoms with Gasteiger partial charge in [0.1, 0.15) is 0 Å². The van der Waals surface area contributed by atoms with Crippen molar-refractivity contribution in [3.63, 3.8) is 0 Å². The monoisotopic (exact) mass is 343 g/mol. The van der Waals surface area contributed by atoms with Crippen molar-refractivity contribution in [2.75, 3.05) is 13.7 Å². The number of nitrogens with zero attached hydrogens (tertiary/aromatic N) is 1. The molecule has 25 heavy (non-hydrogen) atoms. The molecule has 1 aliphatic rings. The molecule has 130 valence electrons. The third-order valence-corrected chi connectivity index (χ3v) is 4.05. The van der Waals surface area contributed by atoms with Crippen molar-refractivity contribution in [3.05, 3.63) is 69.8 Å². The molecule has 3 rings (SSSR count). The zero-order valence-corrected chi connectivity index (χ0v) is 13.6. The first-order valence-electron chi connectivity index (χ1n) is 7.76. The van der Waals surface area contributed by atoms with Gasteiger partial charge >= 0.3 is 5.97 Å². The Balaban J connectivity index is 1.90. The van der Waals surface area contributed by atoms with Gasteiger partial charge in [-0.3, -0.25) is 10.1 Å². The van der Waals surface area contributed by atoms with Crippen LogP contribution < -0.4 is 9.47 Å². The largest absolute Gasteiger partial charge is 0.493 e. The number of nitro groups is 1. The van der Waals surface area contributed by atoms with Crippen LogP contribution in [-0.2, 0) is 16.1 Å². The summed E-state index contributed by atoms with van der Waals surface area (Å²) in [6.07, 6.45) is -1.05. The molecule has 1 heterocycles. The quantitative estimate of drug-likeness (QED) is 0.347. The van der Waals surface area contributed by atoms with Crippen molar-refractivity contribution in [1.29, 1.82) is 0 Å². The van der Waals surface area contributed by atoms with Gasteiger partial charge < -0.3 is 14.2 Å². The number of para-hydroxylation sites is 1. The van der Waals surface area contributed by atoms with E-state index in [4.69, 9.17) is 14.2 Å². The Morgan fingerprint density at radius 2 is 1.92 bits per heavy atom. The van der Waals surface area contributed by atoms with Crippen molar-refractivity contribution in [2.24, 2.45) is 0 Å². The van der Waals surface area contributed by atoms with Gasteiger partial charge in [0.05, 0.1) is 19.6 Å². The summed E-state index contributed by atoms with van der Waals surface area (Å²) in [7, 11) is 1.45. The topological polar surface area (TPSA) is 87.9 Å². The molecule has 0 spiro atoms. The number of esters is 1. The Morgan fingerprint density at radius 1 is 1.16 bits per heavy atom. The second-order valence-corrected chi connectivity index (χ2v) is 5.64. The number of carbonyl (C=O) groups is 1. The molecule has 2 aromatic rings. The molecule has 0 N–H and O–H groups in total. The van der Waals surface area contributed by atoms with E-state index in [1.54, 1.807) is 18.2 Å². The summed E-state index contributed by atoms with van der Waals surface area (Å²) < 4.78 is 16.3. The molecule has 7 heteroatoms. The molecule has 0 aromatic heterocycles. The summed E-state index contributed by atoms with van der Waals surface area (Å²) in [4.78, 5) is 23.1. The zero-order chi connectivity index (χ0) is 17.8. The zero-order valence-electron chi connectivity index (χ0n) is 13.6. The van der Waals surface area contributed by atoms with Crippen LogP contribution in [0.1, 0.15) is 17.0 Å². The van der Waals surface area contributed by atoms with Crippen LogP contribution in [0, 0.1) is 10.1 Å². The Kier molecular flexibility index (Phi) is 4.95. The first-order valence-corrected chi connectivity index (χ1v) is 7.76. The van der Waals surface area contributed by atoms with E-state index in [9.17, 15) is 14.9 Å². The van der Waals surface area contributed by atoms with Crippen molar-refractivity contribution in [1.82, 2.24) is 0 Å². The van der Waals surface area contributed by atoms with E-state index in [0.717, 1.165) is 5.56 Å². The molecule has 2 unspecified atom stereocenters. The number of benzene rings is 2. The first-order chi connectivity index (χ1) is 12.1. The summed E-state index contributed by atoms with van der Waals surface area (Å²) >= 11 is 0. The number of rotatable bonds is 6. The predicted octanol–water partition coefficient (Wildman–Crippen LogP) is 2.56. The van der Waals surface area contributed by atoms with Crippen molar-refractivity contribution in [2.45, 2.75) is 18.6 Å². The second-order valence-electron chi connectivity index (χ2n) is 5.64. The number of hydrogen-bond acceptors (Lipinski definition) is 6. The molecule has 0 saturated heterocycles. The molecule has 7 nitrogen and oxygen atoms in total. The summed E-state index contributed by atoms with van der Waals surface area (Å²) in [5.74, 6) is -0.813. The van der Waals surface area contributed by atoms with E-state index < -0.39 is 29.5 Å². The highest BCUT2D eigenvalue weighted by molar-refractivity contribution is 5.82. The van der Waals surface area contributed by atoms with Gasteiger partial charge in [-0.15, -0.1) is 0 Å². The van der Waals surface area contributed by atoms with Crippen LogP contribution in [0.25, 0.3) is 0 Å².